The SMILES string of the molecule is Cc1ccc([C@@H]2CC(=O)C3=C(C2)Nc2ccccc2N[C@@H]3c2cccc(Cl)c2)cc1. The lowest BCUT2D eigenvalue weighted by Crippen LogP contribution is -2.26. The molecule has 30 heavy (non-hydrogen) atoms. The van der Waals surface area contributed by atoms with Crippen LogP contribution in [0.3, 0.4) is 0 Å². The molecule has 1 aliphatic carbocycles. The highest BCUT2D eigenvalue weighted by atomic mass is 35.5. The van der Waals surface area contributed by atoms with Crippen molar-refractivity contribution in [3.63, 3.8) is 0 Å². The number of benzene rings is 3. The Bertz CT molecular complexity index is 1150. The molecule has 0 amide bonds. The van der Waals surface area contributed by atoms with E-state index in [0.717, 1.165) is 34.6 Å². The summed E-state index contributed by atoms with van der Waals surface area (Å²) >= 11 is 6.29. The molecule has 2 aliphatic rings. The van der Waals surface area contributed by atoms with Gasteiger partial charge in [0, 0.05) is 22.7 Å². The molecular weight excluding hydrogens is 392 g/mol. The third kappa shape index (κ3) is 3.50. The van der Waals surface area contributed by atoms with Crippen LogP contribution >= 0.6 is 11.6 Å². The lowest BCUT2D eigenvalue weighted by molar-refractivity contribution is -0.116. The predicted octanol–water partition coefficient (Wildman–Crippen LogP) is 6.63. The van der Waals surface area contributed by atoms with E-state index < -0.39 is 0 Å². The van der Waals surface area contributed by atoms with Gasteiger partial charge in [0.1, 0.15) is 0 Å². The van der Waals surface area contributed by atoms with Gasteiger partial charge in [0.15, 0.2) is 5.78 Å². The number of carbonyl (C=O) groups excluding carboxylic acids is 1. The Balaban J connectivity index is 1.61. The van der Waals surface area contributed by atoms with Gasteiger partial charge in [-0.1, -0.05) is 65.7 Å². The lowest BCUT2D eigenvalue weighted by atomic mass is 9.78. The Morgan fingerprint density at radius 2 is 1.63 bits per heavy atom. The zero-order chi connectivity index (χ0) is 20.7. The topological polar surface area (TPSA) is 41.1 Å². The molecule has 0 aromatic heterocycles. The highest BCUT2D eigenvalue weighted by Crippen LogP contribution is 2.44. The van der Waals surface area contributed by atoms with Crippen molar-refractivity contribution in [3.8, 4) is 0 Å². The van der Waals surface area contributed by atoms with Crippen LogP contribution in [0.1, 0.15) is 41.5 Å². The maximum absolute atomic E-state index is 13.5. The number of ketones is 1. The average molecular weight is 415 g/mol. The van der Waals surface area contributed by atoms with Crippen LogP contribution in [0.5, 0.6) is 0 Å². The van der Waals surface area contributed by atoms with Crippen LogP contribution in [-0.4, -0.2) is 5.78 Å². The molecule has 1 heterocycles. The first-order valence-electron chi connectivity index (χ1n) is 10.3. The summed E-state index contributed by atoms with van der Waals surface area (Å²) < 4.78 is 0. The van der Waals surface area contributed by atoms with E-state index >= 15 is 0 Å². The number of hydrogen-bond donors (Lipinski definition) is 2. The summed E-state index contributed by atoms with van der Waals surface area (Å²) in [6.45, 7) is 2.08. The van der Waals surface area contributed by atoms with Gasteiger partial charge in [0.2, 0.25) is 0 Å². The van der Waals surface area contributed by atoms with E-state index in [1.165, 1.54) is 11.1 Å². The van der Waals surface area contributed by atoms with Crippen LogP contribution in [0.25, 0.3) is 0 Å². The highest BCUT2D eigenvalue weighted by molar-refractivity contribution is 6.30. The number of Topliss-reactive ketones (excluding diaryl/α,β-unsaturated/α-hetero) is 1. The maximum Gasteiger partial charge on any atom is 0.163 e. The molecule has 0 unspecified atom stereocenters. The fourth-order valence-corrected chi connectivity index (χ4v) is 4.70. The number of aryl methyl sites for hydroxylation is 1. The molecule has 5 rings (SSSR count). The Labute approximate surface area is 181 Å². The minimum absolute atomic E-state index is 0.176. The monoisotopic (exact) mass is 414 g/mol. The first-order valence-corrected chi connectivity index (χ1v) is 10.7. The lowest BCUT2D eigenvalue weighted by Gasteiger charge is -2.30. The Hall–Kier alpha value is -3.04. The van der Waals surface area contributed by atoms with Gasteiger partial charge in [-0.25, -0.2) is 0 Å². The molecule has 1 aliphatic heterocycles. The molecule has 0 fully saturated rings. The van der Waals surface area contributed by atoms with Gasteiger partial charge < -0.3 is 10.6 Å². The van der Waals surface area contributed by atoms with Crippen molar-refractivity contribution in [2.45, 2.75) is 31.7 Å². The standard InChI is InChI=1S/C26H23ClN2O/c1-16-9-11-17(12-10-16)19-14-23-25(24(30)15-19)26(18-5-4-6-20(27)13-18)29-22-8-3-2-7-21(22)28-23/h2-13,19,26,28-29H,14-15H2,1H3/t19-,26+/m0/s1. The third-order valence-corrected chi connectivity index (χ3v) is 6.27. The average Bonchev–Trinajstić information content (AvgIpc) is 2.91. The fraction of sp³-hybridized carbons (Fsp3) is 0.192. The van der Waals surface area contributed by atoms with Crippen molar-refractivity contribution in [3.05, 3.63) is 106 Å². The number of nitrogens with one attached hydrogen (secondary N) is 2. The summed E-state index contributed by atoms with van der Waals surface area (Å²) in [6, 6.07) is 24.2. The number of carbonyl (C=O) groups is 1. The van der Waals surface area contributed by atoms with E-state index in [0.29, 0.717) is 11.4 Å². The molecule has 3 nitrogen and oxygen atoms in total. The molecule has 150 valence electrons. The molecule has 2 atom stereocenters. The number of allylic oxidation sites excluding steroid dienone is 1. The van der Waals surface area contributed by atoms with E-state index in [1.807, 2.05) is 48.5 Å². The summed E-state index contributed by atoms with van der Waals surface area (Å²) in [6.07, 6.45) is 1.32. The second kappa shape index (κ2) is 7.66. The van der Waals surface area contributed by atoms with Gasteiger partial charge in [0.05, 0.1) is 17.4 Å². The largest absolute Gasteiger partial charge is 0.372 e. The van der Waals surface area contributed by atoms with Gasteiger partial charge in [-0.05, 0) is 54.7 Å². The highest BCUT2D eigenvalue weighted by Gasteiger charge is 2.36. The van der Waals surface area contributed by atoms with Crippen molar-refractivity contribution in [1.29, 1.82) is 0 Å². The van der Waals surface area contributed by atoms with Gasteiger partial charge >= 0.3 is 0 Å². The van der Waals surface area contributed by atoms with Crippen LogP contribution in [0.4, 0.5) is 11.4 Å². The number of hydrogen-bond acceptors (Lipinski definition) is 3. The molecule has 3 aromatic rings. The molecule has 0 radical (unpaired) electrons. The van der Waals surface area contributed by atoms with Crippen molar-refractivity contribution < 1.29 is 4.79 Å². The first kappa shape index (κ1) is 19.0. The van der Waals surface area contributed by atoms with E-state index in [4.69, 9.17) is 11.6 Å². The molecule has 2 N–H and O–H groups in total. The number of halogens is 1. The van der Waals surface area contributed by atoms with Crippen molar-refractivity contribution in [2.75, 3.05) is 10.6 Å². The Morgan fingerprint density at radius 3 is 2.40 bits per heavy atom. The smallest absolute Gasteiger partial charge is 0.163 e. The van der Waals surface area contributed by atoms with Crippen LogP contribution in [0.2, 0.25) is 5.02 Å². The van der Waals surface area contributed by atoms with Crippen LogP contribution in [0, 0.1) is 6.92 Å². The van der Waals surface area contributed by atoms with Crippen LogP contribution in [0.15, 0.2) is 84.1 Å². The summed E-state index contributed by atoms with van der Waals surface area (Å²) in [7, 11) is 0. The first-order chi connectivity index (χ1) is 14.6. The molecular formula is C26H23ClN2O. The fourth-order valence-electron chi connectivity index (χ4n) is 4.50. The van der Waals surface area contributed by atoms with E-state index in [1.54, 1.807) is 0 Å². The quantitative estimate of drug-likeness (QED) is 0.494. The van der Waals surface area contributed by atoms with E-state index in [2.05, 4.69) is 41.8 Å². The molecule has 3 aromatic carbocycles. The van der Waals surface area contributed by atoms with Crippen molar-refractivity contribution >= 4 is 28.8 Å². The van der Waals surface area contributed by atoms with Crippen molar-refractivity contribution in [1.82, 2.24) is 0 Å². The third-order valence-electron chi connectivity index (χ3n) is 6.04. The Kier molecular flexibility index (Phi) is 4.84. The summed E-state index contributed by atoms with van der Waals surface area (Å²) in [4.78, 5) is 13.5. The van der Waals surface area contributed by atoms with Gasteiger partial charge in [-0.2, -0.15) is 0 Å². The number of anilines is 2. The zero-order valence-electron chi connectivity index (χ0n) is 16.8. The molecule has 0 bridgehead atoms. The number of para-hydroxylation sites is 2. The molecule has 0 spiro atoms. The number of rotatable bonds is 2. The van der Waals surface area contributed by atoms with Crippen LogP contribution in [-0.2, 0) is 4.79 Å². The summed E-state index contributed by atoms with van der Waals surface area (Å²) in [5.41, 5.74) is 7.23. The van der Waals surface area contributed by atoms with Gasteiger partial charge in [-0.3, -0.25) is 4.79 Å². The van der Waals surface area contributed by atoms with Gasteiger partial charge in [0.25, 0.3) is 0 Å². The maximum atomic E-state index is 13.5. The van der Waals surface area contributed by atoms with E-state index in [-0.39, 0.29) is 17.7 Å². The Morgan fingerprint density at radius 1 is 0.867 bits per heavy atom. The molecule has 4 heteroatoms. The van der Waals surface area contributed by atoms with E-state index in [9.17, 15) is 4.79 Å². The number of fused-ring (bicyclic) bond motifs is 1. The second-order valence-electron chi connectivity index (χ2n) is 8.13. The molecule has 0 saturated carbocycles. The van der Waals surface area contributed by atoms with Crippen molar-refractivity contribution in [2.24, 2.45) is 0 Å². The minimum atomic E-state index is -0.235. The minimum Gasteiger partial charge on any atom is -0.372 e. The predicted molar refractivity (Wildman–Crippen MR) is 123 cm³/mol. The second-order valence-corrected chi connectivity index (χ2v) is 8.57. The van der Waals surface area contributed by atoms with Gasteiger partial charge in [-0.15, -0.1) is 0 Å². The summed E-state index contributed by atoms with van der Waals surface area (Å²) in [5.74, 6) is 0.356. The molecule has 0 saturated heterocycles. The normalized spacial score (nSPS) is 20.5. The summed E-state index contributed by atoms with van der Waals surface area (Å²) in [5, 5.41) is 7.84. The van der Waals surface area contributed by atoms with Crippen LogP contribution < -0.4 is 10.6 Å². The zero-order valence-corrected chi connectivity index (χ0v) is 17.5.